The normalized spacial score (nSPS) is 13.6. The molecule has 0 saturated heterocycles. The molecule has 2 aromatic carbocycles. The van der Waals surface area contributed by atoms with Crippen LogP contribution in [0.2, 0.25) is 5.02 Å². The monoisotopic (exact) mass is 477 g/mol. The highest BCUT2D eigenvalue weighted by Gasteiger charge is 2.34. The summed E-state index contributed by atoms with van der Waals surface area (Å²) in [6.45, 7) is 4.23. The molecule has 0 unspecified atom stereocenters. The van der Waals surface area contributed by atoms with Gasteiger partial charge in [-0.15, -0.1) is 0 Å². The zero-order valence-electron chi connectivity index (χ0n) is 17.8. The first kappa shape index (κ1) is 23.9. The Labute approximate surface area is 192 Å². The van der Waals surface area contributed by atoms with Gasteiger partial charge in [0, 0.05) is 26.1 Å². The number of amides is 3. The molecule has 1 aliphatic heterocycles. The van der Waals surface area contributed by atoms with Gasteiger partial charge in [0.05, 0.1) is 26.7 Å². The second-order valence-electron chi connectivity index (χ2n) is 7.19. The van der Waals surface area contributed by atoms with Gasteiger partial charge >= 0.3 is 0 Å². The number of carbonyl (C=O) groups is 3. The number of halogens is 1. The van der Waals surface area contributed by atoms with Crippen LogP contribution in [-0.4, -0.2) is 55.0 Å². The average molecular weight is 478 g/mol. The standard InChI is InChI=1S/C22H24ClN3O5S/c1-3-25(4-2)32(30,31)15-11-12-18(23)19(14-15)24-20(27)10-7-13-26-21(28)16-8-5-6-9-17(16)22(26)29/h5-6,8-9,11-12,14H,3-4,7,10,13H2,1-2H3,(H,24,27). The third-order valence-electron chi connectivity index (χ3n) is 5.22. The van der Waals surface area contributed by atoms with Crippen LogP contribution in [0.1, 0.15) is 47.4 Å². The van der Waals surface area contributed by atoms with E-state index in [2.05, 4.69) is 5.32 Å². The Balaban J connectivity index is 1.62. The number of hydrogen-bond acceptors (Lipinski definition) is 5. The van der Waals surface area contributed by atoms with Crippen LogP contribution in [0, 0.1) is 0 Å². The van der Waals surface area contributed by atoms with Gasteiger partial charge in [-0.1, -0.05) is 37.6 Å². The van der Waals surface area contributed by atoms with Crippen LogP contribution < -0.4 is 5.32 Å². The number of imide groups is 1. The second-order valence-corrected chi connectivity index (χ2v) is 9.54. The number of hydrogen-bond donors (Lipinski definition) is 1. The smallest absolute Gasteiger partial charge is 0.261 e. The molecule has 10 heteroatoms. The van der Waals surface area contributed by atoms with E-state index in [9.17, 15) is 22.8 Å². The van der Waals surface area contributed by atoms with Crippen LogP contribution in [0.25, 0.3) is 0 Å². The first-order valence-electron chi connectivity index (χ1n) is 10.3. The lowest BCUT2D eigenvalue weighted by Crippen LogP contribution is -2.31. The summed E-state index contributed by atoms with van der Waals surface area (Å²) in [7, 11) is -3.70. The van der Waals surface area contributed by atoms with Gasteiger partial charge in [0.15, 0.2) is 0 Å². The molecule has 0 bridgehead atoms. The van der Waals surface area contributed by atoms with Crippen LogP contribution in [0.3, 0.4) is 0 Å². The molecule has 0 radical (unpaired) electrons. The minimum Gasteiger partial charge on any atom is -0.325 e. The SMILES string of the molecule is CCN(CC)S(=O)(=O)c1ccc(Cl)c(NC(=O)CCCN2C(=O)c3ccccc3C2=O)c1. The Hall–Kier alpha value is -2.75. The Morgan fingerprint density at radius 2 is 1.62 bits per heavy atom. The van der Waals surface area contributed by atoms with E-state index >= 15 is 0 Å². The Morgan fingerprint density at radius 1 is 1.03 bits per heavy atom. The molecule has 0 atom stereocenters. The minimum atomic E-state index is -3.70. The fourth-order valence-corrected chi connectivity index (χ4v) is 5.18. The highest BCUT2D eigenvalue weighted by molar-refractivity contribution is 7.89. The van der Waals surface area contributed by atoms with Gasteiger partial charge in [0.2, 0.25) is 15.9 Å². The summed E-state index contributed by atoms with van der Waals surface area (Å²) < 4.78 is 26.7. The molecule has 0 spiro atoms. The molecule has 0 fully saturated rings. The number of nitrogens with zero attached hydrogens (tertiary/aromatic N) is 2. The molecule has 1 heterocycles. The van der Waals surface area contributed by atoms with Gasteiger partial charge < -0.3 is 5.32 Å². The van der Waals surface area contributed by atoms with E-state index in [0.29, 0.717) is 24.2 Å². The lowest BCUT2D eigenvalue weighted by Gasteiger charge is -2.19. The average Bonchev–Trinajstić information content (AvgIpc) is 3.01. The van der Waals surface area contributed by atoms with E-state index in [-0.39, 0.29) is 46.8 Å². The molecule has 32 heavy (non-hydrogen) atoms. The van der Waals surface area contributed by atoms with Gasteiger partial charge in [-0.2, -0.15) is 4.31 Å². The Morgan fingerprint density at radius 3 is 2.19 bits per heavy atom. The maximum absolute atomic E-state index is 12.7. The summed E-state index contributed by atoms with van der Waals surface area (Å²) >= 11 is 6.14. The van der Waals surface area contributed by atoms with E-state index in [0.717, 1.165) is 4.90 Å². The molecule has 0 aromatic heterocycles. The molecule has 170 valence electrons. The topological polar surface area (TPSA) is 104 Å². The van der Waals surface area contributed by atoms with Crippen molar-refractivity contribution in [2.75, 3.05) is 25.0 Å². The molecule has 0 aliphatic carbocycles. The van der Waals surface area contributed by atoms with Gasteiger partial charge in [-0.25, -0.2) is 8.42 Å². The van der Waals surface area contributed by atoms with E-state index in [1.54, 1.807) is 38.1 Å². The van der Waals surface area contributed by atoms with E-state index in [1.807, 2.05) is 0 Å². The molecule has 3 rings (SSSR count). The lowest BCUT2D eigenvalue weighted by molar-refractivity contribution is -0.116. The summed E-state index contributed by atoms with van der Waals surface area (Å²) in [5, 5.41) is 2.83. The Kier molecular flexibility index (Phi) is 7.33. The summed E-state index contributed by atoms with van der Waals surface area (Å²) in [5.41, 5.74) is 0.908. The molecular weight excluding hydrogens is 454 g/mol. The van der Waals surface area contributed by atoms with E-state index < -0.39 is 15.9 Å². The van der Waals surface area contributed by atoms with Crippen LogP contribution in [-0.2, 0) is 14.8 Å². The van der Waals surface area contributed by atoms with Crippen molar-refractivity contribution in [3.05, 3.63) is 58.6 Å². The van der Waals surface area contributed by atoms with E-state index in [4.69, 9.17) is 11.6 Å². The summed E-state index contributed by atoms with van der Waals surface area (Å²) in [4.78, 5) is 38.3. The van der Waals surface area contributed by atoms with E-state index in [1.165, 1.54) is 22.5 Å². The predicted octanol–water partition coefficient (Wildman–Crippen LogP) is 3.39. The van der Waals surface area contributed by atoms with Gasteiger partial charge in [-0.05, 0) is 36.8 Å². The first-order valence-corrected chi connectivity index (χ1v) is 12.1. The molecule has 3 amide bonds. The zero-order chi connectivity index (χ0) is 23.5. The number of benzene rings is 2. The van der Waals surface area contributed by atoms with Crippen LogP contribution in [0.5, 0.6) is 0 Å². The number of rotatable bonds is 9. The fourth-order valence-electron chi connectivity index (χ4n) is 3.53. The summed E-state index contributed by atoms with van der Waals surface area (Å²) in [5.74, 6) is -1.15. The molecular formula is C22H24ClN3O5S. The first-order chi connectivity index (χ1) is 15.2. The summed E-state index contributed by atoms with van der Waals surface area (Å²) in [6, 6.07) is 10.7. The minimum absolute atomic E-state index is 0.0246. The predicted molar refractivity (Wildman–Crippen MR) is 121 cm³/mol. The second kappa shape index (κ2) is 9.81. The number of nitrogens with one attached hydrogen (secondary N) is 1. The van der Waals surface area contributed by atoms with Crippen molar-refractivity contribution in [3.8, 4) is 0 Å². The number of anilines is 1. The zero-order valence-corrected chi connectivity index (χ0v) is 19.4. The molecule has 1 aliphatic rings. The van der Waals surface area contributed by atoms with Crippen molar-refractivity contribution < 1.29 is 22.8 Å². The maximum Gasteiger partial charge on any atom is 0.261 e. The molecule has 8 nitrogen and oxygen atoms in total. The fraction of sp³-hybridized carbons (Fsp3) is 0.318. The Bertz CT molecular complexity index is 1130. The van der Waals surface area contributed by atoms with Crippen molar-refractivity contribution in [2.24, 2.45) is 0 Å². The van der Waals surface area contributed by atoms with Gasteiger partial charge in [0.25, 0.3) is 11.8 Å². The quantitative estimate of drug-likeness (QED) is 0.557. The van der Waals surface area contributed by atoms with Crippen molar-refractivity contribution in [3.63, 3.8) is 0 Å². The van der Waals surface area contributed by atoms with Crippen molar-refractivity contribution >= 4 is 45.0 Å². The third-order valence-corrected chi connectivity index (χ3v) is 7.59. The van der Waals surface area contributed by atoms with Crippen LogP contribution in [0.4, 0.5) is 5.69 Å². The highest BCUT2D eigenvalue weighted by atomic mass is 35.5. The third kappa shape index (κ3) is 4.69. The molecule has 0 saturated carbocycles. The number of fused-ring (bicyclic) bond motifs is 1. The number of sulfonamides is 1. The van der Waals surface area contributed by atoms with Crippen molar-refractivity contribution in [2.45, 2.75) is 31.6 Å². The highest BCUT2D eigenvalue weighted by Crippen LogP contribution is 2.27. The molecule has 1 N–H and O–H groups in total. The summed E-state index contributed by atoms with van der Waals surface area (Å²) in [6.07, 6.45) is 0.281. The van der Waals surface area contributed by atoms with Crippen LogP contribution >= 0.6 is 11.6 Å². The van der Waals surface area contributed by atoms with Gasteiger partial charge in [-0.3, -0.25) is 19.3 Å². The van der Waals surface area contributed by atoms with Crippen molar-refractivity contribution in [1.82, 2.24) is 9.21 Å². The number of carbonyl (C=O) groups excluding carboxylic acids is 3. The lowest BCUT2D eigenvalue weighted by atomic mass is 10.1. The largest absolute Gasteiger partial charge is 0.325 e. The van der Waals surface area contributed by atoms with Crippen LogP contribution in [0.15, 0.2) is 47.4 Å². The molecule has 2 aromatic rings. The maximum atomic E-state index is 12.7. The van der Waals surface area contributed by atoms with Gasteiger partial charge in [0.1, 0.15) is 0 Å². The van der Waals surface area contributed by atoms with Crippen molar-refractivity contribution in [1.29, 1.82) is 0 Å².